The number of aliphatic hydroxyl groups excluding tert-OH is 1. The molecule has 15 heteroatoms. The molecule has 4 aromatic rings. The number of azo groups is 1. The average molecular weight is 677 g/mol. The maximum atomic E-state index is 10.7. The van der Waals surface area contributed by atoms with Gasteiger partial charge in [-0.25, -0.2) is 4.98 Å². The lowest BCUT2D eigenvalue weighted by atomic mass is 10.2. The first-order valence-corrected chi connectivity index (χ1v) is 16.0. The summed E-state index contributed by atoms with van der Waals surface area (Å²) in [6.45, 7) is 10.2. The number of hydrogen-bond donors (Lipinski definition) is 1. The molecule has 232 valence electrons. The number of hydrogen-bond acceptors (Lipinski definition) is 12. The lowest BCUT2D eigenvalue weighted by molar-refractivity contribution is 0.111. The summed E-state index contributed by atoms with van der Waals surface area (Å²) in [4.78, 5) is 36.2. The van der Waals surface area contributed by atoms with Crippen molar-refractivity contribution < 1.29 is 14.7 Å². The summed E-state index contributed by atoms with van der Waals surface area (Å²) in [5, 5.41) is 25.8. The number of carbonyl (C=O) groups is 2. The van der Waals surface area contributed by atoms with Gasteiger partial charge in [0.25, 0.3) is 5.15 Å². The molecular weight excluding hydrogens is 643 g/mol. The molecule has 0 fully saturated rings. The van der Waals surface area contributed by atoms with Crippen LogP contribution in [0.25, 0.3) is 4.98 Å². The summed E-state index contributed by atoms with van der Waals surface area (Å²) in [5.41, 5.74) is 3.08. The first-order valence-electron chi connectivity index (χ1n) is 13.6. The molecule has 0 saturated carbocycles. The molecule has 2 heterocycles. The van der Waals surface area contributed by atoms with Crippen molar-refractivity contribution in [1.29, 1.82) is 5.39 Å². The van der Waals surface area contributed by atoms with Crippen molar-refractivity contribution in [2.75, 3.05) is 42.6 Å². The Kier molecular flexibility index (Phi) is 16.7. The van der Waals surface area contributed by atoms with E-state index in [1.54, 1.807) is 0 Å². The van der Waals surface area contributed by atoms with Crippen molar-refractivity contribution in [3.8, 4) is 0 Å². The maximum absolute atomic E-state index is 10.7. The SMILES string of the molecule is CCCN(CC)c1ccc(N=Nc2nc(Cl)c(C=O)s2)cc1.CCN(CCO)c1ccccc1.N#[N+]c1nc(Cl)c(C=O)s1. The molecule has 11 nitrogen and oxygen atoms in total. The van der Waals surface area contributed by atoms with E-state index in [2.05, 4.69) is 67.9 Å². The molecule has 0 amide bonds. The van der Waals surface area contributed by atoms with E-state index < -0.39 is 0 Å². The minimum absolute atomic E-state index is 0.0767. The van der Waals surface area contributed by atoms with Crippen molar-refractivity contribution in [2.45, 2.75) is 27.2 Å². The zero-order valence-electron chi connectivity index (χ0n) is 24.5. The van der Waals surface area contributed by atoms with Crippen LogP contribution >= 0.6 is 45.9 Å². The van der Waals surface area contributed by atoms with E-state index in [9.17, 15) is 9.59 Å². The summed E-state index contributed by atoms with van der Waals surface area (Å²) >= 11 is 13.3. The molecule has 0 spiro atoms. The molecule has 0 aliphatic heterocycles. The zero-order chi connectivity index (χ0) is 32.3. The fourth-order valence-corrected chi connectivity index (χ4v) is 5.36. The lowest BCUT2D eigenvalue weighted by Crippen LogP contribution is -2.25. The predicted molar refractivity (Wildman–Crippen MR) is 180 cm³/mol. The van der Waals surface area contributed by atoms with Gasteiger partial charge in [0.15, 0.2) is 17.7 Å². The molecule has 1 N–H and O–H groups in total. The summed E-state index contributed by atoms with van der Waals surface area (Å²) in [5.74, 6) is 0. The van der Waals surface area contributed by atoms with Crippen LogP contribution in [0.5, 0.6) is 0 Å². The quantitative estimate of drug-likeness (QED) is 0.0892. The van der Waals surface area contributed by atoms with Crippen LogP contribution in [0.3, 0.4) is 0 Å². The molecule has 0 aliphatic carbocycles. The number of aldehydes is 2. The summed E-state index contributed by atoms with van der Waals surface area (Å²) < 4.78 is 0. The summed E-state index contributed by atoms with van der Waals surface area (Å²) in [7, 11) is 0. The van der Waals surface area contributed by atoms with E-state index in [0.717, 1.165) is 54.4 Å². The number of carbonyl (C=O) groups excluding carboxylic acids is 2. The summed E-state index contributed by atoms with van der Waals surface area (Å²) in [6, 6.07) is 18.0. The standard InChI is InChI=1S/C15H17ClN4OS.C10H15NO.C4HClN3OS/c1-3-9-20(4-2)12-7-5-11(6-8-12)18-19-15-17-14(16)13(10-21)22-15;1-2-11(8-9-12)10-6-4-3-5-7-10;5-3-2(1-9)10-4(7-3)8-6/h5-8,10H,3-4,9H2,1-2H3;3-7,12H,2,8-9H2,1H3;1H/q;;+1. The Morgan fingerprint density at radius 3 is 1.89 bits per heavy atom. The van der Waals surface area contributed by atoms with Crippen molar-refractivity contribution >= 4 is 85.8 Å². The molecule has 0 radical (unpaired) electrons. The highest BCUT2D eigenvalue weighted by atomic mass is 35.5. The first-order chi connectivity index (χ1) is 21.3. The number of halogens is 2. The van der Waals surface area contributed by atoms with Gasteiger partial charge < -0.3 is 14.9 Å². The molecule has 0 bridgehead atoms. The van der Waals surface area contributed by atoms with E-state index in [4.69, 9.17) is 33.7 Å². The van der Waals surface area contributed by atoms with Gasteiger partial charge in [-0.05, 0) is 79.6 Å². The van der Waals surface area contributed by atoms with Gasteiger partial charge in [0, 0.05) is 47.5 Å². The van der Waals surface area contributed by atoms with E-state index in [1.807, 2.05) is 42.5 Å². The third-order valence-electron chi connectivity index (χ3n) is 5.71. The summed E-state index contributed by atoms with van der Waals surface area (Å²) in [6.07, 6.45) is 2.34. The van der Waals surface area contributed by atoms with Crippen LogP contribution in [0, 0.1) is 5.39 Å². The third kappa shape index (κ3) is 11.7. The van der Waals surface area contributed by atoms with Gasteiger partial charge in [-0.3, -0.25) is 9.59 Å². The second-order valence-corrected chi connectivity index (χ2v) is 11.3. The van der Waals surface area contributed by atoms with E-state index in [-0.39, 0.29) is 26.9 Å². The number of likely N-dealkylation sites (N-methyl/N-ethyl adjacent to an activating group) is 1. The minimum Gasteiger partial charge on any atom is -0.395 e. The van der Waals surface area contributed by atoms with Crippen LogP contribution in [0.4, 0.5) is 27.3 Å². The number of anilines is 2. The van der Waals surface area contributed by atoms with Gasteiger partial charge in [-0.15, -0.1) is 10.2 Å². The number of nitrogens with zero attached hydrogens (tertiary/aromatic N) is 8. The number of diazo groups is 1. The highest BCUT2D eigenvalue weighted by molar-refractivity contribution is 7.18. The van der Waals surface area contributed by atoms with Crippen LogP contribution < -0.4 is 9.80 Å². The van der Waals surface area contributed by atoms with Crippen LogP contribution in [0.2, 0.25) is 10.3 Å². The number of benzene rings is 2. The predicted octanol–water partition coefficient (Wildman–Crippen LogP) is 8.86. The minimum atomic E-state index is 0.0767. The lowest BCUT2D eigenvalue weighted by Gasteiger charge is -2.22. The van der Waals surface area contributed by atoms with Crippen molar-refractivity contribution in [1.82, 2.24) is 9.97 Å². The number of rotatable bonds is 12. The fourth-order valence-electron chi connectivity index (χ4n) is 3.64. The molecule has 44 heavy (non-hydrogen) atoms. The Labute approximate surface area is 274 Å². The van der Waals surface area contributed by atoms with Crippen LogP contribution in [0.1, 0.15) is 46.5 Å². The smallest absolute Gasteiger partial charge is 0.395 e. The second kappa shape index (κ2) is 20.2. The number of para-hydroxylation sites is 1. The molecule has 0 atom stereocenters. The Morgan fingerprint density at radius 1 is 0.841 bits per heavy atom. The average Bonchev–Trinajstić information content (AvgIpc) is 3.63. The monoisotopic (exact) mass is 675 g/mol. The van der Waals surface area contributed by atoms with Gasteiger partial charge in [0.1, 0.15) is 9.75 Å². The maximum Gasteiger partial charge on any atom is 0.525 e. The molecule has 0 aliphatic rings. The van der Waals surface area contributed by atoms with E-state index in [0.29, 0.717) is 29.1 Å². The van der Waals surface area contributed by atoms with Crippen LogP contribution in [-0.4, -0.2) is 60.4 Å². The zero-order valence-corrected chi connectivity index (χ0v) is 27.7. The molecule has 0 unspecified atom stereocenters. The van der Waals surface area contributed by atoms with Gasteiger partial charge in [-0.1, -0.05) is 48.1 Å². The van der Waals surface area contributed by atoms with E-state index in [1.165, 1.54) is 11.4 Å². The Bertz CT molecular complexity index is 1510. The second-order valence-electron chi connectivity index (χ2n) is 8.57. The molecule has 2 aromatic heterocycles. The van der Waals surface area contributed by atoms with Gasteiger partial charge in [0.2, 0.25) is 5.13 Å². The normalized spacial score (nSPS) is 10.2. The third-order valence-corrected chi connectivity index (χ3v) is 8.24. The molecule has 0 saturated heterocycles. The van der Waals surface area contributed by atoms with Crippen molar-refractivity contribution in [3.05, 3.63) is 79.6 Å². The molecule has 2 aromatic carbocycles. The Balaban J connectivity index is 0.000000257. The first kappa shape index (κ1) is 36.4. The Hall–Kier alpha value is -3.80. The topological polar surface area (TPSA) is 140 Å². The number of aliphatic hydroxyl groups is 1. The van der Waals surface area contributed by atoms with E-state index >= 15 is 0 Å². The largest absolute Gasteiger partial charge is 0.525 e. The number of thiazole rings is 2. The van der Waals surface area contributed by atoms with Gasteiger partial charge in [0.05, 0.1) is 17.7 Å². The van der Waals surface area contributed by atoms with Crippen molar-refractivity contribution in [3.63, 3.8) is 0 Å². The molecule has 4 rings (SSSR count). The van der Waals surface area contributed by atoms with Gasteiger partial charge >= 0.3 is 5.13 Å². The highest BCUT2D eigenvalue weighted by Crippen LogP contribution is 2.29. The van der Waals surface area contributed by atoms with Crippen LogP contribution in [0.15, 0.2) is 64.8 Å². The van der Waals surface area contributed by atoms with Gasteiger partial charge in [-0.2, -0.15) is 0 Å². The molecular formula is C29H33Cl2N8O3S2+. The fraction of sp³-hybridized carbons (Fsp3) is 0.310. The van der Waals surface area contributed by atoms with Crippen LogP contribution in [-0.2, 0) is 0 Å². The number of aromatic nitrogens is 2. The van der Waals surface area contributed by atoms with Crippen molar-refractivity contribution in [2.24, 2.45) is 10.2 Å². The Morgan fingerprint density at radius 2 is 1.41 bits per heavy atom. The highest BCUT2D eigenvalue weighted by Gasteiger charge is 2.18.